The van der Waals surface area contributed by atoms with Gasteiger partial charge in [-0.2, -0.15) is 0 Å². The lowest BCUT2D eigenvalue weighted by molar-refractivity contribution is -0.142. The smallest absolute Gasteiger partial charge is 0.230 e. The van der Waals surface area contributed by atoms with E-state index in [2.05, 4.69) is 34.0 Å². The van der Waals surface area contributed by atoms with Crippen molar-refractivity contribution in [2.45, 2.75) is 58.7 Å². The van der Waals surface area contributed by atoms with Crippen LogP contribution in [0.4, 0.5) is 5.82 Å². The van der Waals surface area contributed by atoms with Gasteiger partial charge in [-0.3, -0.25) is 9.59 Å². The highest BCUT2D eigenvalue weighted by atomic mass is 35.5. The maximum Gasteiger partial charge on any atom is 0.230 e. The van der Waals surface area contributed by atoms with E-state index in [-0.39, 0.29) is 23.6 Å². The molecular formula is C20H32ClN5O2S. The lowest BCUT2D eigenvalue weighted by Crippen LogP contribution is -2.56. The summed E-state index contributed by atoms with van der Waals surface area (Å²) >= 11 is 7.48. The molecule has 2 rings (SSSR count). The maximum atomic E-state index is 12.6. The summed E-state index contributed by atoms with van der Waals surface area (Å²) in [6, 6.07) is 1.81. The number of unbranched alkanes of at least 4 members (excludes halogenated alkanes) is 1. The Morgan fingerprint density at radius 3 is 2.66 bits per heavy atom. The fourth-order valence-electron chi connectivity index (χ4n) is 3.10. The van der Waals surface area contributed by atoms with Gasteiger partial charge >= 0.3 is 0 Å². The molecule has 1 fully saturated rings. The van der Waals surface area contributed by atoms with Gasteiger partial charge in [0, 0.05) is 43.7 Å². The van der Waals surface area contributed by atoms with E-state index in [9.17, 15) is 9.59 Å². The molecule has 2 amide bonds. The molecule has 162 valence electrons. The van der Waals surface area contributed by atoms with Crippen molar-refractivity contribution in [2.75, 3.05) is 36.8 Å². The molecule has 29 heavy (non-hydrogen) atoms. The predicted octanol–water partition coefficient (Wildman–Crippen LogP) is 3.22. The summed E-state index contributed by atoms with van der Waals surface area (Å²) in [5.41, 5.74) is -0.393. The lowest BCUT2D eigenvalue weighted by Gasteiger charge is -2.42. The highest BCUT2D eigenvalue weighted by molar-refractivity contribution is 7.99. The quantitative estimate of drug-likeness (QED) is 0.303. The van der Waals surface area contributed by atoms with E-state index in [0.717, 1.165) is 18.7 Å². The number of hydrogen-bond acceptors (Lipinski definition) is 6. The molecule has 2 heterocycles. The summed E-state index contributed by atoms with van der Waals surface area (Å²) < 4.78 is 0. The Labute approximate surface area is 183 Å². The third kappa shape index (κ3) is 7.03. The van der Waals surface area contributed by atoms with E-state index < -0.39 is 5.41 Å². The van der Waals surface area contributed by atoms with Crippen LogP contribution >= 0.6 is 23.4 Å². The number of rotatable bonds is 7. The van der Waals surface area contributed by atoms with E-state index in [1.165, 1.54) is 11.8 Å². The number of amides is 2. The van der Waals surface area contributed by atoms with Gasteiger partial charge in [0.2, 0.25) is 11.8 Å². The zero-order valence-electron chi connectivity index (χ0n) is 18.0. The molecule has 1 unspecified atom stereocenters. The normalized spacial score (nSPS) is 17.4. The van der Waals surface area contributed by atoms with Crippen molar-refractivity contribution in [1.29, 1.82) is 0 Å². The first-order chi connectivity index (χ1) is 13.6. The third-order valence-electron chi connectivity index (χ3n) is 4.70. The van der Waals surface area contributed by atoms with E-state index in [0.29, 0.717) is 36.5 Å². The molecule has 0 aromatic carbocycles. The van der Waals surface area contributed by atoms with Crippen LogP contribution in [0.25, 0.3) is 0 Å². The highest BCUT2D eigenvalue weighted by Gasteiger charge is 2.34. The van der Waals surface area contributed by atoms with Gasteiger partial charge in [0.1, 0.15) is 11.0 Å². The van der Waals surface area contributed by atoms with Crippen LogP contribution in [-0.2, 0) is 9.59 Å². The van der Waals surface area contributed by atoms with Crippen molar-refractivity contribution in [3.8, 4) is 0 Å². The molecule has 0 radical (unpaired) electrons. The molecule has 0 spiro atoms. The van der Waals surface area contributed by atoms with Crippen molar-refractivity contribution in [1.82, 2.24) is 20.2 Å². The van der Waals surface area contributed by atoms with Crippen LogP contribution in [0.5, 0.6) is 0 Å². The topological polar surface area (TPSA) is 78.4 Å². The van der Waals surface area contributed by atoms with Gasteiger partial charge in [-0.05, 0) is 13.3 Å². The zero-order valence-corrected chi connectivity index (χ0v) is 19.6. The van der Waals surface area contributed by atoms with Crippen molar-refractivity contribution >= 4 is 41.0 Å². The second-order valence-corrected chi connectivity index (χ2v) is 9.70. The number of hydrogen-bond donors (Lipinski definition) is 1. The molecule has 1 N–H and O–H groups in total. The van der Waals surface area contributed by atoms with Crippen LogP contribution < -0.4 is 10.2 Å². The van der Waals surface area contributed by atoms with Crippen molar-refractivity contribution in [3.63, 3.8) is 0 Å². The second-order valence-electron chi connectivity index (χ2n) is 8.37. The SMILES string of the molecule is CCCCNC(=O)CSc1nc(Cl)cc(N2CCN(C(=O)C(C)(C)C)C(C)C2)n1. The first-order valence-electron chi connectivity index (χ1n) is 10.1. The van der Waals surface area contributed by atoms with Crippen LogP contribution in [-0.4, -0.2) is 64.7 Å². The summed E-state index contributed by atoms with van der Waals surface area (Å²) in [7, 11) is 0. The number of anilines is 1. The molecule has 9 heteroatoms. The Morgan fingerprint density at radius 1 is 1.31 bits per heavy atom. The van der Waals surface area contributed by atoms with Crippen LogP contribution in [0, 0.1) is 5.41 Å². The third-order valence-corrected chi connectivity index (χ3v) is 5.74. The number of carbonyl (C=O) groups is 2. The standard InChI is InChI=1S/C20H32ClN5O2S/c1-6-7-8-22-17(27)13-29-19-23-15(21)11-16(24-19)25-9-10-26(14(2)12-25)18(28)20(3,4)5/h11,14H,6-10,12-13H2,1-5H3,(H,22,27). The Kier molecular flexibility index (Phi) is 8.58. The minimum atomic E-state index is -0.393. The molecule has 1 saturated heterocycles. The van der Waals surface area contributed by atoms with E-state index in [1.54, 1.807) is 6.07 Å². The summed E-state index contributed by atoms with van der Waals surface area (Å²) in [4.78, 5) is 37.4. The van der Waals surface area contributed by atoms with Crippen molar-refractivity contribution in [2.24, 2.45) is 5.41 Å². The molecule has 1 aliphatic heterocycles. The second kappa shape index (κ2) is 10.5. The average molecular weight is 442 g/mol. The summed E-state index contributed by atoms with van der Waals surface area (Å²) in [6.45, 7) is 12.7. The molecule has 7 nitrogen and oxygen atoms in total. The van der Waals surface area contributed by atoms with E-state index >= 15 is 0 Å². The molecule has 0 saturated carbocycles. The molecule has 1 atom stereocenters. The van der Waals surface area contributed by atoms with Gasteiger partial charge in [0.05, 0.1) is 5.75 Å². The number of aromatic nitrogens is 2. The Morgan fingerprint density at radius 2 is 2.03 bits per heavy atom. The first-order valence-corrected chi connectivity index (χ1v) is 11.5. The molecule has 0 aliphatic carbocycles. The number of nitrogens with zero attached hydrogens (tertiary/aromatic N) is 4. The Balaban J connectivity index is 1.99. The van der Waals surface area contributed by atoms with E-state index in [1.807, 2.05) is 25.7 Å². The fraction of sp³-hybridized carbons (Fsp3) is 0.700. The fourth-order valence-corrected chi connectivity index (χ4v) is 4.01. The Bertz CT molecular complexity index is 725. The van der Waals surface area contributed by atoms with E-state index in [4.69, 9.17) is 11.6 Å². The lowest BCUT2D eigenvalue weighted by atomic mass is 9.93. The highest BCUT2D eigenvalue weighted by Crippen LogP contribution is 2.26. The molecule has 1 aromatic rings. The monoisotopic (exact) mass is 441 g/mol. The summed E-state index contributed by atoms with van der Waals surface area (Å²) in [6.07, 6.45) is 2.01. The maximum absolute atomic E-state index is 12.6. The number of nitrogens with one attached hydrogen (secondary N) is 1. The van der Waals surface area contributed by atoms with Gasteiger partial charge < -0.3 is 15.1 Å². The number of thioether (sulfide) groups is 1. The molecular weight excluding hydrogens is 410 g/mol. The number of piperazine rings is 1. The average Bonchev–Trinajstić information content (AvgIpc) is 2.65. The zero-order chi connectivity index (χ0) is 21.6. The van der Waals surface area contributed by atoms with Gasteiger partial charge in [0.15, 0.2) is 5.16 Å². The van der Waals surface area contributed by atoms with Crippen LogP contribution in [0.1, 0.15) is 47.5 Å². The van der Waals surface area contributed by atoms with Crippen molar-refractivity contribution < 1.29 is 9.59 Å². The molecule has 0 bridgehead atoms. The van der Waals surface area contributed by atoms with Crippen LogP contribution in [0.15, 0.2) is 11.2 Å². The summed E-state index contributed by atoms with van der Waals surface area (Å²) in [5.74, 6) is 1.12. The van der Waals surface area contributed by atoms with Gasteiger partial charge in [-0.25, -0.2) is 9.97 Å². The van der Waals surface area contributed by atoms with Crippen molar-refractivity contribution in [3.05, 3.63) is 11.2 Å². The van der Waals surface area contributed by atoms with Crippen LogP contribution in [0.2, 0.25) is 5.15 Å². The summed E-state index contributed by atoms with van der Waals surface area (Å²) in [5, 5.41) is 3.72. The Hall–Kier alpha value is -1.54. The number of halogens is 1. The number of carbonyl (C=O) groups excluding carboxylic acids is 2. The first kappa shape index (κ1) is 23.7. The van der Waals surface area contributed by atoms with Gasteiger partial charge in [-0.1, -0.05) is 57.5 Å². The molecule has 1 aliphatic rings. The predicted molar refractivity (Wildman–Crippen MR) is 119 cm³/mol. The van der Waals surface area contributed by atoms with Gasteiger partial charge in [0.25, 0.3) is 0 Å². The minimum Gasteiger partial charge on any atom is -0.355 e. The van der Waals surface area contributed by atoms with Gasteiger partial charge in [-0.15, -0.1) is 0 Å². The van der Waals surface area contributed by atoms with Crippen LogP contribution in [0.3, 0.4) is 0 Å². The largest absolute Gasteiger partial charge is 0.355 e. The minimum absolute atomic E-state index is 0.0310. The molecule has 1 aromatic heterocycles.